The van der Waals surface area contributed by atoms with E-state index in [9.17, 15) is 9.90 Å². The summed E-state index contributed by atoms with van der Waals surface area (Å²) in [5.41, 5.74) is 0.497. The third-order valence-corrected chi connectivity index (χ3v) is 3.66. The van der Waals surface area contributed by atoms with E-state index in [4.69, 9.17) is 0 Å². The Morgan fingerprint density at radius 3 is 2.58 bits per heavy atom. The number of hydrogen-bond acceptors (Lipinski definition) is 2. The first-order valence-electron chi connectivity index (χ1n) is 6.10. The minimum absolute atomic E-state index is 0.0196. The van der Waals surface area contributed by atoms with E-state index in [0.717, 1.165) is 10.9 Å². The molecule has 1 aromatic rings. The van der Waals surface area contributed by atoms with E-state index in [1.807, 2.05) is 0 Å². The van der Waals surface area contributed by atoms with Crippen LogP contribution in [0.25, 0.3) is 0 Å². The average Bonchev–Trinajstić information content (AvgIpc) is 2.23. The molecular formula is C14H19Br2NO2. The number of carbonyl (C=O) groups is 1. The number of hydrogen-bond donors (Lipinski definition) is 2. The molecule has 1 unspecified atom stereocenters. The van der Waals surface area contributed by atoms with E-state index in [0.29, 0.717) is 12.1 Å². The maximum Gasteiger partial charge on any atom is 0.255 e. The van der Waals surface area contributed by atoms with Crippen LogP contribution in [0.5, 0.6) is 5.75 Å². The van der Waals surface area contributed by atoms with Crippen molar-refractivity contribution in [1.29, 1.82) is 0 Å². The molecule has 1 amide bonds. The van der Waals surface area contributed by atoms with Crippen molar-refractivity contribution in [2.75, 3.05) is 6.54 Å². The second kappa shape index (κ2) is 6.75. The maximum atomic E-state index is 11.9. The SMILES string of the molecule is CC(C)(C)CC(Br)CNC(=O)c1ccc(Br)cc1O. The molecule has 0 spiro atoms. The Bertz CT molecular complexity index is 455. The Labute approximate surface area is 131 Å². The van der Waals surface area contributed by atoms with Gasteiger partial charge in [0.2, 0.25) is 0 Å². The molecule has 0 radical (unpaired) electrons. The van der Waals surface area contributed by atoms with Crippen molar-refractivity contribution in [3.05, 3.63) is 28.2 Å². The quantitative estimate of drug-likeness (QED) is 0.758. The molecule has 1 atom stereocenters. The van der Waals surface area contributed by atoms with Gasteiger partial charge in [-0.3, -0.25) is 4.79 Å². The van der Waals surface area contributed by atoms with Gasteiger partial charge in [-0.05, 0) is 30.0 Å². The fourth-order valence-electron chi connectivity index (χ4n) is 1.73. The molecule has 1 rings (SSSR count). The molecule has 2 N–H and O–H groups in total. The van der Waals surface area contributed by atoms with Crippen LogP contribution in [0.2, 0.25) is 0 Å². The molecule has 1 aromatic carbocycles. The lowest BCUT2D eigenvalue weighted by Crippen LogP contribution is -2.31. The molecule has 0 fully saturated rings. The average molecular weight is 393 g/mol. The van der Waals surface area contributed by atoms with E-state index in [1.54, 1.807) is 12.1 Å². The lowest BCUT2D eigenvalue weighted by molar-refractivity contribution is 0.0950. The second-order valence-corrected chi connectivity index (χ2v) is 7.94. The molecule has 0 aliphatic heterocycles. The van der Waals surface area contributed by atoms with Gasteiger partial charge < -0.3 is 10.4 Å². The van der Waals surface area contributed by atoms with Crippen molar-refractivity contribution in [3.8, 4) is 5.75 Å². The van der Waals surface area contributed by atoms with Crippen LogP contribution in [-0.2, 0) is 0 Å². The molecule has 0 aliphatic carbocycles. The summed E-state index contributed by atoms with van der Waals surface area (Å²) in [5.74, 6) is -0.280. The molecule has 0 heterocycles. The summed E-state index contributed by atoms with van der Waals surface area (Å²) in [5, 5.41) is 12.5. The van der Waals surface area contributed by atoms with Gasteiger partial charge in [0.25, 0.3) is 5.91 Å². The van der Waals surface area contributed by atoms with Gasteiger partial charge in [-0.1, -0.05) is 52.6 Å². The molecule has 0 bridgehead atoms. The van der Waals surface area contributed by atoms with Crippen molar-refractivity contribution in [1.82, 2.24) is 5.32 Å². The Morgan fingerprint density at radius 1 is 1.42 bits per heavy atom. The van der Waals surface area contributed by atoms with Gasteiger partial charge in [0, 0.05) is 15.8 Å². The van der Waals surface area contributed by atoms with Gasteiger partial charge in [-0.25, -0.2) is 0 Å². The van der Waals surface area contributed by atoms with Gasteiger partial charge in [0.15, 0.2) is 0 Å². The Hall–Kier alpha value is -0.550. The van der Waals surface area contributed by atoms with Gasteiger partial charge >= 0.3 is 0 Å². The zero-order chi connectivity index (χ0) is 14.6. The first-order valence-corrected chi connectivity index (χ1v) is 7.81. The number of phenols is 1. The van der Waals surface area contributed by atoms with Crippen molar-refractivity contribution in [3.63, 3.8) is 0 Å². The largest absolute Gasteiger partial charge is 0.507 e. The van der Waals surface area contributed by atoms with E-state index in [2.05, 4.69) is 57.9 Å². The van der Waals surface area contributed by atoms with Gasteiger partial charge in [-0.2, -0.15) is 0 Å². The number of halogens is 2. The molecule has 0 aliphatic rings. The van der Waals surface area contributed by atoms with Crippen LogP contribution in [0.3, 0.4) is 0 Å². The molecule has 106 valence electrons. The molecule has 3 nitrogen and oxygen atoms in total. The Kier molecular flexibility index (Phi) is 5.86. The number of rotatable bonds is 4. The highest BCUT2D eigenvalue weighted by atomic mass is 79.9. The van der Waals surface area contributed by atoms with E-state index < -0.39 is 0 Å². The first kappa shape index (κ1) is 16.5. The second-order valence-electron chi connectivity index (χ2n) is 5.73. The highest BCUT2D eigenvalue weighted by molar-refractivity contribution is 9.10. The van der Waals surface area contributed by atoms with Crippen LogP contribution in [0.1, 0.15) is 37.6 Å². The number of aromatic hydroxyl groups is 1. The number of benzene rings is 1. The zero-order valence-corrected chi connectivity index (χ0v) is 14.5. The minimum atomic E-state index is -0.261. The normalized spacial score (nSPS) is 13.1. The van der Waals surface area contributed by atoms with E-state index in [-0.39, 0.29) is 21.9 Å². The lowest BCUT2D eigenvalue weighted by Gasteiger charge is -2.22. The van der Waals surface area contributed by atoms with Crippen LogP contribution < -0.4 is 5.32 Å². The molecule has 0 aromatic heterocycles. The molecule has 5 heteroatoms. The maximum absolute atomic E-state index is 11.9. The summed E-state index contributed by atoms with van der Waals surface area (Å²) in [6, 6.07) is 4.84. The summed E-state index contributed by atoms with van der Waals surface area (Å²) < 4.78 is 0.743. The van der Waals surface area contributed by atoms with Crippen molar-refractivity contribution in [2.45, 2.75) is 32.0 Å². The Balaban J connectivity index is 2.56. The Morgan fingerprint density at radius 2 is 2.05 bits per heavy atom. The highest BCUT2D eigenvalue weighted by Gasteiger charge is 2.18. The summed E-state index contributed by atoms with van der Waals surface area (Å²) in [4.78, 5) is 12.2. The minimum Gasteiger partial charge on any atom is -0.507 e. The number of amides is 1. The van der Waals surface area contributed by atoms with Crippen LogP contribution in [0, 0.1) is 5.41 Å². The standard InChI is InChI=1S/C14H19Br2NO2/c1-14(2,3)7-10(16)8-17-13(19)11-5-4-9(15)6-12(11)18/h4-6,10,18H,7-8H2,1-3H3,(H,17,19). The number of nitrogens with one attached hydrogen (secondary N) is 1. The van der Waals surface area contributed by atoms with Crippen LogP contribution in [0.4, 0.5) is 0 Å². The van der Waals surface area contributed by atoms with Crippen molar-refractivity contribution < 1.29 is 9.90 Å². The fraction of sp³-hybridized carbons (Fsp3) is 0.500. The van der Waals surface area contributed by atoms with Crippen molar-refractivity contribution >= 4 is 37.8 Å². The smallest absolute Gasteiger partial charge is 0.255 e. The summed E-state index contributed by atoms with van der Waals surface area (Å²) in [6.45, 7) is 7.00. The van der Waals surface area contributed by atoms with Gasteiger partial charge in [0.05, 0.1) is 5.56 Å². The number of phenolic OH excluding ortho intramolecular Hbond substituents is 1. The molecule has 0 saturated carbocycles. The number of carbonyl (C=O) groups excluding carboxylic acids is 1. The third-order valence-electron chi connectivity index (χ3n) is 2.52. The summed E-state index contributed by atoms with van der Waals surface area (Å²) in [6.07, 6.45) is 0.958. The van der Waals surface area contributed by atoms with E-state index >= 15 is 0 Å². The molecular weight excluding hydrogens is 374 g/mol. The molecule has 19 heavy (non-hydrogen) atoms. The fourth-order valence-corrected chi connectivity index (χ4v) is 3.21. The number of alkyl halides is 1. The van der Waals surface area contributed by atoms with Crippen LogP contribution >= 0.6 is 31.9 Å². The predicted molar refractivity (Wildman–Crippen MR) is 84.9 cm³/mol. The highest BCUT2D eigenvalue weighted by Crippen LogP contribution is 2.25. The van der Waals surface area contributed by atoms with Crippen LogP contribution in [-0.4, -0.2) is 22.4 Å². The monoisotopic (exact) mass is 391 g/mol. The van der Waals surface area contributed by atoms with Crippen LogP contribution in [0.15, 0.2) is 22.7 Å². The van der Waals surface area contributed by atoms with Gasteiger partial charge in [0.1, 0.15) is 5.75 Å². The summed E-state index contributed by atoms with van der Waals surface area (Å²) in [7, 11) is 0. The topological polar surface area (TPSA) is 49.3 Å². The lowest BCUT2D eigenvalue weighted by atomic mass is 9.90. The molecule has 0 saturated heterocycles. The van der Waals surface area contributed by atoms with Crippen molar-refractivity contribution in [2.24, 2.45) is 5.41 Å². The van der Waals surface area contributed by atoms with E-state index in [1.165, 1.54) is 6.07 Å². The predicted octanol–water partition coefficient (Wildman–Crippen LogP) is 4.08. The zero-order valence-electron chi connectivity index (χ0n) is 11.3. The first-order chi connectivity index (χ1) is 8.69. The third kappa shape index (κ3) is 5.95. The van der Waals surface area contributed by atoms with Gasteiger partial charge in [-0.15, -0.1) is 0 Å². The summed E-state index contributed by atoms with van der Waals surface area (Å²) >= 11 is 6.80.